The molecule has 2 aromatic rings. The van der Waals surface area contributed by atoms with Gasteiger partial charge < -0.3 is 10.2 Å². The molecule has 0 unspecified atom stereocenters. The largest absolute Gasteiger partial charge is 0.356 e. The van der Waals surface area contributed by atoms with Crippen LogP contribution < -0.4 is 10.2 Å². The summed E-state index contributed by atoms with van der Waals surface area (Å²) in [7, 11) is 0. The number of nitrogens with zero attached hydrogens (tertiary/aromatic N) is 2. The van der Waals surface area contributed by atoms with Gasteiger partial charge in [-0.1, -0.05) is 17.4 Å². The van der Waals surface area contributed by atoms with Gasteiger partial charge in [0.1, 0.15) is 11.3 Å². The van der Waals surface area contributed by atoms with Gasteiger partial charge in [0.05, 0.1) is 4.70 Å². The molecule has 1 saturated heterocycles. The lowest BCUT2D eigenvalue weighted by atomic mass is 9.96. The van der Waals surface area contributed by atoms with Crippen LogP contribution in [0, 0.1) is 11.7 Å². The molecular weight excluding hydrogens is 289 g/mol. The van der Waals surface area contributed by atoms with Crippen molar-refractivity contribution in [2.24, 2.45) is 5.92 Å². The number of thiazole rings is 1. The van der Waals surface area contributed by atoms with E-state index in [1.54, 1.807) is 6.07 Å². The van der Waals surface area contributed by atoms with Crippen LogP contribution in [0.5, 0.6) is 0 Å². The highest BCUT2D eigenvalue weighted by Crippen LogP contribution is 2.32. The number of amides is 1. The van der Waals surface area contributed by atoms with Gasteiger partial charge in [-0.25, -0.2) is 9.37 Å². The molecule has 0 aliphatic carbocycles. The summed E-state index contributed by atoms with van der Waals surface area (Å²) in [5.74, 6) is -0.0352. The highest BCUT2D eigenvalue weighted by atomic mass is 32.1. The molecule has 3 rings (SSSR count). The molecule has 2 heterocycles. The minimum atomic E-state index is -0.271. The second-order valence-corrected chi connectivity index (χ2v) is 6.25. The number of carbonyl (C=O) groups is 1. The highest BCUT2D eigenvalue weighted by molar-refractivity contribution is 7.22. The maximum atomic E-state index is 13.7. The van der Waals surface area contributed by atoms with E-state index >= 15 is 0 Å². The van der Waals surface area contributed by atoms with Crippen LogP contribution in [0.25, 0.3) is 10.2 Å². The number of carbonyl (C=O) groups excluding carboxylic acids is 1. The maximum absolute atomic E-state index is 13.7. The molecule has 1 aliphatic rings. The zero-order chi connectivity index (χ0) is 14.8. The van der Waals surface area contributed by atoms with E-state index in [9.17, 15) is 9.18 Å². The van der Waals surface area contributed by atoms with E-state index in [1.165, 1.54) is 17.4 Å². The van der Waals surface area contributed by atoms with Gasteiger partial charge >= 0.3 is 0 Å². The minimum Gasteiger partial charge on any atom is -0.356 e. The molecule has 4 nitrogen and oxygen atoms in total. The van der Waals surface area contributed by atoms with Crippen molar-refractivity contribution in [3.05, 3.63) is 24.0 Å². The van der Waals surface area contributed by atoms with Crippen LogP contribution in [0.4, 0.5) is 9.52 Å². The molecule has 0 atom stereocenters. The van der Waals surface area contributed by atoms with Gasteiger partial charge in [0.2, 0.25) is 5.91 Å². The molecule has 0 saturated carbocycles. The average Bonchev–Trinajstić information content (AvgIpc) is 2.93. The fourth-order valence-corrected chi connectivity index (χ4v) is 3.72. The molecule has 1 N–H and O–H groups in total. The predicted octanol–water partition coefficient (Wildman–Crippen LogP) is 2.79. The Hall–Kier alpha value is -1.69. The number of fused-ring (bicyclic) bond motifs is 1. The van der Waals surface area contributed by atoms with E-state index in [1.807, 2.05) is 13.0 Å². The topological polar surface area (TPSA) is 45.2 Å². The second kappa shape index (κ2) is 5.97. The van der Waals surface area contributed by atoms with E-state index in [4.69, 9.17) is 0 Å². The van der Waals surface area contributed by atoms with Gasteiger partial charge in [0.25, 0.3) is 0 Å². The number of piperidine rings is 1. The highest BCUT2D eigenvalue weighted by Gasteiger charge is 2.26. The Morgan fingerprint density at radius 2 is 2.24 bits per heavy atom. The fourth-order valence-electron chi connectivity index (χ4n) is 2.69. The minimum absolute atomic E-state index is 0.0901. The number of halogens is 1. The van der Waals surface area contributed by atoms with E-state index in [-0.39, 0.29) is 17.6 Å². The van der Waals surface area contributed by atoms with Crippen LogP contribution in [0.15, 0.2) is 18.2 Å². The first-order valence-electron chi connectivity index (χ1n) is 7.26. The first-order valence-corrected chi connectivity index (χ1v) is 8.08. The summed E-state index contributed by atoms with van der Waals surface area (Å²) in [6, 6.07) is 5.04. The zero-order valence-corrected chi connectivity index (χ0v) is 12.8. The summed E-state index contributed by atoms with van der Waals surface area (Å²) in [5.41, 5.74) is 0.448. The maximum Gasteiger partial charge on any atom is 0.223 e. The van der Waals surface area contributed by atoms with E-state index in [0.717, 1.165) is 35.8 Å². The lowest BCUT2D eigenvalue weighted by molar-refractivity contribution is -0.125. The molecule has 6 heteroatoms. The number of hydrogen-bond donors (Lipinski definition) is 1. The van der Waals surface area contributed by atoms with Gasteiger partial charge in [-0.3, -0.25) is 4.79 Å². The average molecular weight is 307 g/mol. The van der Waals surface area contributed by atoms with E-state index in [0.29, 0.717) is 12.1 Å². The van der Waals surface area contributed by atoms with Crippen LogP contribution >= 0.6 is 11.3 Å². The van der Waals surface area contributed by atoms with Crippen molar-refractivity contribution in [1.29, 1.82) is 0 Å². The summed E-state index contributed by atoms with van der Waals surface area (Å²) in [4.78, 5) is 18.4. The molecule has 0 spiro atoms. The number of para-hydroxylation sites is 1. The summed E-state index contributed by atoms with van der Waals surface area (Å²) in [6.07, 6.45) is 1.65. The first-order chi connectivity index (χ1) is 10.2. The quantitative estimate of drug-likeness (QED) is 0.948. The number of aromatic nitrogens is 1. The van der Waals surface area contributed by atoms with Crippen LogP contribution in [0.2, 0.25) is 0 Å². The van der Waals surface area contributed by atoms with Gasteiger partial charge in [0, 0.05) is 25.6 Å². The third kappa shape index (κ3) is 2.85. The second-order valence-electron chi connectivity index (χ2n) is 5.24. The Morgan fingerprint density at radius 3 is 2.90 bits per heavy atom. The molecule has 21 heavy (non-hydrogen) atoms. The molecule has 1 amide bonds. The predicted molar refractivity (Wildman–Crippen MR) is 83.2 cm³/mol. The monoisotopic (exact) mass is 307 g/mol. The molecule has 1 aromatic carbocycles. The van der Waals surface area contributed by atoms with Crippen molar-refractivity contribution in [2.75, 3.05) is 24.5 Å². The molecule has 1 aliphatic heterocycles. The Balaban J connectivity index is 1.71. The van der Waals surface area contributed by atoms with Crippen molar-refractivity contribution in [2.45, 2.75) is 19.8 Å². The van der Waals surface area contributed by atoms with Crippen molar-refractivity contribution >= 4 is 32.6 Å². The lowest BCUT2D eigenvalue weighted by Gasteiger charge is -2.30. The summed E-state index contributed by atoms with van der Waals surface area (Å²) >= 11 is 1.51. The molecule has 1 aromatic heterocycles. The van der Waals surface area contributed by atoms with Crippen LogP contribution in [-0.4, -0.2) is 30.5 Å². The molecule has 1 fully saturated rings. The summed E-state index contributed by atoms with van der Waals surface area (Å²) < 4.78 is 14.6. The van der Waals surface area contributed by atoms with Gasteiger partial charge in [0.15, 0.2) is 5.13 Å². The number of rotatable bonds is 3. The van der Waals surface area contributed by atoms with Crippen molar-refractivity contribution in [1.82, 2.24) is 10.3 Å². The van der Waals surface area contributed by atoms with Crippen LogP contribution in [-0.2, 0) is 4.79 Å². The summed E-state index contributed by atoms with van der Waals surface area (Å²) in [6.45, 7) is 4.20. The van der Waals surface area contributed by atoms with Crippen molar-refractivity contribution in [3.8, 4) is 0 Å². The zero-order valence-electron chi connectivity index (χ0n) is 11.9. The molecule has 0 bridgehead atoms. The number of benzene rings is 1. The van der Waals surface area contributed by atoms with Gasteiger partial charge in [-0.2, -0.15) is 0 Å². The number of hydrogen-bond acceptors (Lipinski definition) is 4. The molecule has 0 radical (unpaired) electrons. The normalized spacial score (nSPS) is 16.4. The fraction of sp³-hybridized carbons (Fsp3) is 0.467. The van der Waals surface area contributed by atoms with Crippen molar-refractivity contribution < 1.29 is 9.18 Å². The molecular formula is C15H18FN3OS. The number of nitrogens with one attached hydrogen (secondary N) is 1. The number of anilines is 1. The van der Waals surface area contributed by atoms with Crippen molar-refractivity contribution in [3.63, 3.8) is 0 Å². The van der Waals surface area contributed by atoms with Gasteiger partial charge in [-0.15, -0.1) is 0 Å². The van der Waals surface area contributed by atoms with Gasteiger partial charge in [-0.05, 0) is 31.9 Å². The lowest BCUT2D eigenvalue weighted by Crippen LogP contribution is -2.40. The van der Waals surface area contributed by atoms with Crippen LogP contribution in [0.3, 0.4) is 0 Å². The third-order valence-corrected chi connectivity index (χ3v) is 4.93. The van der Waals surface area contributed by atoms with Crippen LogP contribution in [0.1, 0.15) is 19.8 Å². The van der Waals surface area contributed by atoms with E-state index < -0.39 is 0 Å². The first kappa shape index (κ1) is 14.3. The Morgan fingerprint density at radius 1 is 1.48 bits per heavy atom. The summed E-state index contributed by atoms with van der Waals surface area (Å²) in [5, 5.41) is 3.73. The SMILES string of the molecule is CCNC(=O)C1CCN(c2nc3c(F)cccc3s2)CC1. The smallest absolute Gasteiger partial charge is 0.223 e. The molecule has 112 valence electrons. The Bertz CT molecular complexity index is 649. The standard InChI is InChI=1S/C15H18FN3OS/c1-2-17-14(20)10-6-8-19(9-7-10)15-18-13-11(16)4-3-5-12(13)21-15/h3-5,10H,2,6-9H2,1H3,(H,17,20). The Labute approximate surface area is 127 Å². The Kier molecular flexibility index (Phi) is 4.05. The van der Waals surface area contributed by atoms with E-state index in [2.05, 4.69) is 15.2 Å². The third-order valence-electron chi connectivity index (χ3n) is 3.85.